The third kappa shape index (κ3) is 2.57. The van der Waals surface area contributed by atoms with Crippen LogP contribution in [0.25, 0.3) is 0 Å². The molecule has 0 aliphatic heterocycles. The number of nitrogens with zero attached hydrogens (tertiary/aromatic N) is 1. The van der Waals surface area contributed by atoms with Gasteiger partial charge < -0.3 is 4.74 Å². The molecule has 0 aromatic heterocycles. The first-order chi connectivity index (χ1) is 9.73. The number of alkyl halides is 3. The zero-order valence-corrected chi connectivity index (χ0v) is 11.0. The Balaban J connectivity index is 2.24. The van der Waals surface area contributed by atoms with Gasteiger partial charge in [-0.15, -0.1) is 0 Å². The van der Waals surface area contributed by atoms with E-state index in [1.54, 1.807) is 0 Å². The summed E-state index contributed by atoms with van der Waals surface area (Å²) < 4.78 is 42.1. The van der Waals surface area contributed by atoms with Gasteiger partial charge in [-0.05, 0) is 24.6 Å². The molecule has 1 aliphatic rings. The zero-order chi connectivity index (χ0) is 15.8. The molecule has 5 nitrogen and oxygen atoms in total. The topological polar surface area (TPSA) is 69.4 Å². The highest BCUT2D eigenvalue weighted by Gasteiger charge is 2.74. The van der Waals surface area contributed by atoms with Gasteiger partial charge in [-0.2, -0.15) is 13.2 Å². The van der Waals surface area contributed by atoms with Crippen molar-refractivity contribution < 1.29 is 27.6 Å². The van der Waals surface area contributed by atoms with E-state index < -0.39 is 34.1 Å². The van der Waals surface area contributed by atoms with E-state index in [4.69, 9.17) is 4.74 Å². The number of ether oxygens (including phenoxy) is 1. The molecule has 114 valence electrons. The number of halogens is 3. The van der Waals surface area contributed by atoms with Crippen LogP contribution in [0.3, 0.4) is 0 Å². The summed E-state index contributed by atoms with van der Waals surface area (Å²) in [6, 6.07) is 4.03. The maximum Gasteiger partial charge on any atom is 0.416 e. The molecule has 21 heavy (non-hydrogen) atoms. The van der Waals surface area contributed by atoms with E-state index in [0.717, 1.165) is 24.3 Å². The van der Waals surface area contributed by atoms with Gasteiger partial charge in [-0.3, -0.25) is 10.1 Å². The van der Waals surface area contributed by atoms with E-state index >= 15 is 0 Å². The summed E-state index contributed by atoms with van der Waals surface area (Å²) in [5.41, 5.74) is -2.38. The second-order valence-corrected chi connectivity index (χ2v) is 4.78. The lowest BCUT2D eigenvalue weighted by atomic mass is 10.0. The lowest BCUT2D eigenvalue weighted by Gasteiger charge is -2.10. The van der Waals surface area contributed by atoms with Gasteiger partial charge in [-0.25, -0.2) is 4.79 Å². The lowest BCUT2D eigenvalue weighted by Crippen LogP contribution is -2.35. The molecule has 2 atom stereocenters. The number of hydrogen-bond donors (Lipinski definition) is 0. The number of rotatable bonds is 4. The summed E-state index contributed by atoms with van der Waals surface area (Å²) in [6.45, 7) is 1.54. The standard InChI is InChI=1S/C13H12F3NO4/c1-2-21-11(18)12(17(19)20)7-10(12)8-3-5-9(6-4-8)13(14,15)16/h3-6,10H,2,7H2,1H3. The highest BCUT2D eigenvalue weighted by atomic mass is 19.4. The molecule has 0 N–H and O–H groups in total. The zero-order valence-electron chi connectivity index (χ0n) is 11.0. The second-order valence-electron chi connectivity index (χ2n) is 4.78. The number of benzene rings is 1. The molecular weight excluding hydrogens is 291 g/mol. The van der Waals surface area contributed by atoms with Gasteiger partial charge in [0.25, 0.3) is 0 Å². The summed E-state index contributed by atoms with van der Waals surface area (Å²) in [7, 11) is 0. The number of carbonyl (C=O) groups is 1. The van der Waals surface area contributed by atoms with Gasteiger partial charge in [0.2, 0.25) is 0 Å². The largest absolute Gasteiger partial charge is 0.461 e. The fourth-order valence-corrected chi connectivity index (χ4v) is 2.31. The Bertz CT molecular complexity index is 570. The molecule has 0 spiro atoms. The van der Waals surface area contributed by atoms with E-state index in [9.17, 15) is 28.1 Å². The van der Waals surface area contributed by atoms with Crippen molar-refractivity contribution in [2.75, 3.05) is 6.61 Å². The average molecular weight is 303 g/mol. The smallest absolute Gasteiger partial charge is 0.416 e. The normalized spacial score (nSPS) is 24.5. The van der Waals surface area contributed by atoms with Gasteiger partial charge in [0.15, 0.2) is 0 Å². The van der Waals surface area contributed by atoms with Crippen LogP contribution in [0.1, 0.15) is 30.4 Å². The minimum Gasteiger partial charge on any atom is -0.461 e. The highest BCUT2D eigenvalue weighted by molar-refractivity contribution is 5.85. The molecule has 1 aromatic carbocycles. The van der Waals surface area contributed by atoms with E-state index in [2.05, 4.69) is 0 Å². The quantitative estimate of drug-likeness (QED) is 0.487. The molecule has 1 saturated carbocycles. The summed E-state index contributed by atoms with van der Waals surface area (Å²) >= 11 is 0. The van der Waals surface area contributed by atoms with Gasteiger partial charge >= 0.3 is 17.7 Å². The fraction of sp³-hybridized carbons (Fsp3) is 0.462. The van der Waals surface area contributed by atoms with Crippen molar-refractivity contribution in [3.63, 3.8) is 0 Å². The van der Waals surface area contributed by atoms with Crippen LogP contribution >= 0.6 is 0 Å². The molecule has 2 rings (SSSR count). The minimum atomic E-state index is -4.47. The fourth-order valence-electron chi connectivity index (χ4n) is 2.31. The van der Waals surface area contributed by atoms with Gasteiger partial charge in [0, 0.05) is 11.3 Å². The second kappa shape index (κ2) is 5.01. The molecule has 2 unspecified atom stereocenters. The molecule has 8 heteroatoms. The van der Waals surface area contributed by atoms with Crippen LogP contribution in [0.5, 0.6) is 0 Å². The van der Waals surface area contributed by atoms with Crippen molar-refractivity contribution in [3.05, 3.63) is 45.5 Å². The molecular formula is C13H12F3NO4. The first kappa shape index (κ1) is 15.3. The molecule has 0 amide bonds. The summed E-state index contributed by atoms with van der Waals surface area (Å²) in [5.74, 6) is -1.70. The Hall–Kier alpha value is -2.12. The summed E-state index contributed by atoms with van der Waals surface area (Å²) in [5, 5.41) is 11.1. The Labute approximate surface area is 117 Å². The van der Waals surface area contributed by atoms with E-state index in [-0.39, 0.29) is 13.0 Å². The van der Waals surface area contributed by atoms with Gasteiger partial charge in [0.1, 0.15) is 0 Å². The Morgan fingerprint density at radius 2 is 2.00 bits per heavy atom. The number of carbonyl (C=O) groups excluding carboxylic acids is 1. The predicted molar refractivity (Wildman–Crippen MR) is 65.2 cm³/mol. The van der Waals surface area contributed by atoms with Crippen molar-refractivity contribution in [1.82, 2.24) is 0 Å². The Kier molecular flexibility index (Phi) is 3.65. The maximum atomic E-state index is 12.5. The molecule has 0 heterocycles. The third-order valence-electron chi connectivity index (χ3n) is 3.53. The molecule has 1 fully saturated rings. The number of nitro groups is 1. The van der Waals surface area contributed by atoms with Crippen molar-refractivity contribution in [3.8, 4) is 0 Å². The van der Waals surface area contributed by atoms with Crippen molar-refractivity contribution >= 4 is 5.97 Å². The molecule has 1 aliphatic carbocycles. The van der Waals surface area contributed by atoms with Crippen LogP contribution in [0.2, 0.25) is 0 Å². The van der Waals surface area contributed by atoms with E-state index in [0.29, 0.717) is 5.56 Å². The molecule has 0 saturated heterocycles. The van der Waals surface area contributed by atoms with Crippen molar-refractivity contribution in [2.24, 2.45) is 0 Å². The van der Waals surface area contributed by atoms with Crippen LogP contribution in [0.4, 0.5) is 13.2 Å². The molecule has 1 aromatic rings. The summed E-state index contributed by atoms with van der Waals surface area (Å²) in [6.07, 6.45) is -4.53. The summed E-state index contributed by atoms with van der Waals surface area (Å²) in [4.78, 5) is 22.2. The predicted octanol–water partition coefficient (Wildman–Crippen LogP) is 2.77. The molecule has 0 bridgehead atoms. The Morgan fingerprint density at radius 1 is 1.43 bits per heavy atom. The number of hydrogen-bond acceptors (Lipinski definition) is 4. The van der Waals surface area contributed by atoms with E-state index in [1.807, 2.05) is 0 Å². The van der Waals surface area contributed by atoms with Crippen LogP contribution in [0, 0.1) is 10.1 Å². The van der Waals surface area contributed by atoms with Crippen LogP contribution in [-0.4, -0.2) is 23.0 Å². The monoisotopic (exact) mass is 303 g/mol. The van der Waals surface area contributed by atoms with Crippen LogP contribution in [-0.2, 0) is 15.7 Å². The minimum absolute atomic E-state index is 0.00809. The highest BCUT2D eigenvalue weighted by Crippen LogP contribution is 2.54. The van der Waals surface area contributed by atoms with Crippen molar-refractivity contribution in [1.29, 1.82) is 0 Å². The van der Waals surface area contributed by atoms with Crippen molar-refractivity contribution in [2.45, 2.75) is 31.0 Å². The number of esters is 1. The van der Waals surface area contributed by atoms with Crippen LogP contribution in [0.15, 0.2) is 24.3 Å². The average Bonchev–Trinajstić information content (AvgIpc) is 3.15. The van der Waals surface area contributed by atoms with E-state index in [1.165, 1.54) is 6.92 Å². The first-order valence-corrected chi connectivity index (χ1v) is 6.22. The van der Waals surface area contributed by atoms with Crippen LogP contribution < -0.4 is 0 Å². The van der Waals surface area contributed by atoms with Gasteiger partial charge in [0.05, 0.1) is 18.1 Å². The SMILES string of the molecule is CCOC(=O)C1([N+](=O)[O-])CC1c1ccc(C(F)(F)F)cc1. The third-order valence-corrected chi connectivity index (χ3v) is 3.53. The maximum absolute atomic E-state index is 12.5. The first-order valence-electron chi connectivity index (χ1n) is 6.22. The lowest BCUT2D eigenvalue weighted by molar-refractivity contribution is -0.527. The van der Waals surface area contributed by atoms with Gasteiger partial charge in [-0.1, -0.05) is 12.1 Å². The molecule has 0 radical (unpaired) electrons. The Morgan fingerprint density at radius 3 is 2.43 bits per heavy atom.